The van der Waals surface area contributed by atoms with Gasteiger partial charge in [0.25, 0.3) is 5.56 Å². The summed E-state index contributed by atoms with van der Waals surface area (Å²) in [5, 5.41) is 10.6. The Morgan fingerprint density at radius 1 is 1.05 bits per heavy atom. The molecule has 0 aliphatic carbocycles. The Bertz CT molecular complexity index is 1320. The number of nitrogens with zero attached hydrogens (tertiary/aromatic N) is 2. The predicted octanol–water partition coefficient (Wildman–Crippen LogP) is 5.44. The average Bonchev–Trinajstić information content (AvgIpc) is 3.43. The van der Waals surface area contributed by atoms with Gasteiger partial charge in [-0.2, -0.15) is 0 Å². The number of aliphatic hydroxyl groups is 1. The van der Waals surface area contributed by atoms with Crippen LogP contribution in [0.2, 0.25) is 0 Å². The summed E-state index contributed by atoms with van der Waals surface area (Å²) in [6, 6.07) is 21.2. The van der Waals surface area contributed by atoms with Crippen LogP contribution in [0, 0.1) is 0 Å². The highest BCUT2D eigenvalue weighted by molar-refractivity contribution is 5.70. The van der Waals surface area contributed by atoms with E-state index in [4.69, 9.17) is 9.47 Å². The Hall–Kier alpha value is -3.42. The first-order chi connectivity index (χ1) is 18.2. The van der Waals surface area contributed by atoms with Gasteiger partial charge in [0, 0.05) is 38.3 Å². The highest BCUT2D eigenvalue weighted by Crippen LogP contribution is 2.42. The minimum absolute atomic E-state index is 0.0283. The van der Waals surface area contributed by atoms with Crippen LogP contribution in [-0.4, -0.2) is 46.0 Å². The van der Waals surface area contributed by atoms with E-state index in [0.29, 0.717) is 32.6 Å². The Morgan fingerprint density at radius 3 is 2.39 bits per heavy atom. The molecule has 5 rings (SSSR count). The maximum atomic E-state index is 13.3. The molecule has 1 N–H and O–H groups in total. The van der Waals surface area contributed by atoms with Crippen LogP contribution in [0.15, 0.2) is 77.7 Å². The molecule has 0 bridgehead atoms. The van der Waals surface area contributed by atoms with E-state index in [9.17, 15) is 14.7 Å². The van der Waals surface area contributed by atoms with Gasteiger partial charge in [0.05, 0.1) is 24.3 Å². The molecule has 38 heavy (non-hydrogen) atoms. The first kappa shape index (κ1) is 26.2. The second-order valence-corrected chi connectivity index (χ2v) is 11.1. The topological polar surface area (TPSA) is 81.0 Å². The molecule has 3 unspecified atom stereocenters. The molecule has 2 fully saturated rings. The normalized spacial score (nSPS) is 22.8. The highest BCUT2D eigenvalue weighted by Gasteiger charge is 2.46. The van der Waals surface area contributed by atoms with Crippen LogP contribution in [-0.2, 0) is 15.1 Å². The van der Waals surface area contributed by atoms with Crippen molar-refractivity contribution in [3.8, 4) is 11.1 Å². The average molecular weight is 517 g/mol. The summed E-state index contributed by atoms with van der Waals surface area (Å²) >= 11 is 0. The first-order valence-electron chi connectivity index (χ1n) is 13.3. The summed E-state index contributed by atoms with van der Waals surface area (Å²) in [6.07, 6.45) is 3.22. The van der Waals surface area contributed by atoms with E-state index in [0.717, 1.165) is 28.7 Å². The summed E-state index contributed by atoms with van der Waals surface area (Å²) < 4.78 is 13.3. The van der Waals surface area contributed by atoms with E-state index in [1.807, 2.05) is 73.8 Å². The van der Waals surface area contributed by atoms with Gasteiger partial charge >= 0.3 is 6.09 Å². The second-order valence-electron chi connectivity index (χ2n) is 11.1. The molecule has 2 aromatic carbocycles. The van der Waals surface area contributed by atoms with Crippen molar-refractivity contribution in [2.24, 2.45) is 0 Å². The van der Waals surface area contributed by atoms with Crippen molar-refractivity contribution in [3.05, 3.63) is 94.4 Å². The van der Waals surface area contributed by atoms with Gasteiger partial charge in [-0.3, -0.25) is 4.79 Å². The Kier molecular flexibility index (Phi) is 7.16. The minimum Gasteiger partial charge on any atom is -0.438 e. The molecule has 2 saturated heterocycles. The van der Waals surface area contributed by atoms with Crippen LogP contribution in [0.1, 0.15) is 63.2 Å². The predicted molar refractivity (Wildman–Crippen MR) is 146 cm³/mol. The summed E-state index contributed by atoms with van der Waals surface area (Å²) in [5.74, 6) is 0. The summed E-state index contributed by atoms with van der Waals surface area (Å²) in [6.45, 7) is 7.26. The van der Waals surface area contributed by atoms with Crippen LogP contribution in [0.25, 0.3) is 11.1 Å². The molecular formula is C31H36N2O5. The first-order valence-corrected chi connectivity index (χ1v) is 13.3. The zero-order valence-electron chi connectivity index (χ0n) is 22.3. The molecule has 2 aliphatic rings. The molecule has 0 saturated carbocycles. The van der Waals surface area contributed by atoms with Crippen LogP contribution in [0.4, 0.5) is 4.79 Å². The number of cyclic esters (lactones) is 1. The van der Waals surface area contributed by atoms with Crippen molar-refractivity contribution in [3.63, 3.8) is 0 Å². The minimum atomic E-state index is -0.995. The molecule has 2 aliphatic heterocycles. The number of ether oxygens (including phenoxy) is 2. The van der Waals surface area contributed by atoms with Gasteiger partial charge in [-0.05, 0) is 55.5 Å². The molecule has 0 spiro atoms. The maximum Gasteiger partial charge on any atom is 0.411 e. The fraction of sp³-hybridized carbons (Fsp3) is 0.419. The summed E-state index contributed by atoms with van der Waals surface area (Å²) in [5.41, 5.74) is 1.79. The van der Waals surface area contributed by atoms with E-state index in [2.05, 4.69) is 0 Å². The van der Waals surface area contributed by atoms with Crippen LogP contribution in [0.5, 0.6) is 0 Å². The lowest BCUT2D eigenvalue weighted by Crippen LogP contribution is -2.51. The molecule has 3 aromatic rings. The van der Waals surface area contributed by atoms with E-state index in [1.165, 1.54) is 0 Å². The summed E-state index contributed by atoms with van der Waals surface area (Å²) in [7, 11) is 0. The molecule has 200 valence electrons. The molecule has 7 nitrogen and oxygen atoms in total. The van der Waals surface area contributed by atoms with Gasteiger partial charge in [-0.1, -0.05) is 54.6 Å². The van der Waals surface area contributed by atoms with Crippen molar-refractivity contribution in [2.45, 2.75) is 63.3 Å². The van der Waals surface area contributed by atoms with Gasteiger partial charge in [0.1, 0.15) is 5.60 Å². The Balaban J connectivity index is 1.31. The van der Waals surface area contributed by atoms with Crippen molar-refractivity contribution in [1.29, 1.82) is 0 Å². The molecular weight excluding hydrogens is 480 g/mol. The number of hydrogen-bond acceptors (Lipinski definition) is 5. The second kappa shape index (κ2) is 10.4. The molecule has 3 heterocycles. The molecule has 1 aromatic heterocycles. The lowest BCUT2D eigenvalue weighted by atomic mass is 9.80. The standard InChI is InChI=1S/C31H36N2O5/c1-22(32-17-15-31(38-29(32)35,21-30(2,3)36)26-7-5-4-6-8-26)23-9-11-24(12-10-23)25-13-16-33(28(34)19-25)27-14-18-37-20-27/h4-13,16,19,22,27,36H,14-15,17-18,20-21H2,1-3H3. The molecule has 7 heteroatoms. The number of pyridine rings is 1. The van der Waals surface area contributed by atoms with Crippen molar-refractivity contribution < 1.29 is 19.4 Å². The molecule has 0 radical (unpaired) electrons. The monoisotopic (exact) mass is 516 g/mol. The van der Waals surface area contributed by atoms with E-state index < -0.39 is 11.2 Å². The Labute approximate surface area is 223 Å². The van der Waals surface area contributed by atoms with Crippen molar-refractivity contribution in [2.75, 3.05) is 19.8 Å². The zero-order chi connectivity index (χ0) is 26.9. The number of hydrogen-bond donors (Lipinski definition) is 1. The van der Waals surface area contributed by atoms with Gasteiger partial charge in [0.2, 0.25) is 0 Å². The van der Waals surface area contributed by atoms with Crippen LogP contribution < -0.4 is 5.56 Å². The smallest absolute Gasteiger partial charge is 0.411 e. The number of carbonyl (C=O) groups is 1. The van der Waals surface area contributed by atoms with Gasteiger partial charge in [0.15, 0.2) is 0 Å². The number of rotatable bonds is 7. The van der Waals surface area contributed by atoms with Crippen LogP contribution >= 0.6 is 0 Å². The van der Waals surface area contributed by atoms with Gasteiger partial charge < -0.3 is 24.0 Å². The third kappa shape index (κ3) is 5.40. The number of aromatic nitrogens is 1. The number of amides is 1. The molecule has 1 amide bonds. The fourth-order valence-electron chi connectivity index (χ4n) is 5.74. The zero-order valence-corrected chi connectivity index (χ0v) is 22.3. The fourth-order valence-corrected chi connectivity index (χ4v) is 5.74. The number of carbonyl (C=O) groups excluding carboxylic acids is 1. The van der Waals surface area contributed by atoms with Gasteiger partial charge in [-0.25, -0.2) is 4.79 Å². The SMILES string of the molecule is CC(c1ccc(-c2ccn(C3CCOC3)c(=O)c2)cc1)N1CCC(CC(C)(C)O)(c2ccccc2)OC1=O. The lowest BCUT2D eigenvalue weighted by molar-refractivity contribution is -0.101. The van der Waals surface area contributed by atoms with E-state index >= 15 is 0 Å². The Morgan fingerprint density at radius 2 is 1.79 bits per heavy atom. The quantitative estimate of drug-likeness (QED) is 0.453. The highest BCUT2D eigenvalue weighted by atomic mass is 16.6. The number of benzene rings is 2. The van der Waals surface area contributed by atoms with E-state index in [1.54, 1.807) is 29.4 Å². The van der Waals surface area contributed by atoms with Crippen molar-refractivity contribution in [1.82, 2.24) is 9.47 Å². The summed E-state index contributed by atoms with van der Waals surface area (Å²) in [4.78, 5) is 27.8. The third-order valence-corrected chi connectivity index (χ3v) is 7.73. The largest absolute Gasteiger partial charge is 0.438 e. The maximum absolute atomic E-state index is 13.3. The molecule has 3 atom stereocenters. The van der Waals surface area contributed by atoms with E-state index in [-0.39, 0.29) is 23.7 Å². The van der Waals surface area contributed by atoms with Gasteiger partial charge in [-0.15, -0.1) is 0 Å². The van der Waals surface area contributed by atoms with Crippen molar-refractivity contribution >= 4 is 6.09 Å². The van der Waals surface area contributed by atoms with Crippen LogP contribution in [0.3, 0.4) is 0 Å². The third-order valence-electron chi connectivity index (χ3n) is 7.73. The lowest BCUT2D eigenvalue weighted by Gasteiger charge is -2.45.